The Balaban J connectivity index is 2.13. The topological polar surface area (TPSA) is 9.23 Å². The number of fused-ring (bicyclic) bond motifs is 1. The fourth-order valence-corrected chi connectivity index (χ4v) is 2.03. The van der Waals surface area contributed by atoms with Crippen molar-refractivity contribution < 1.29 is 4.74 Å². The summed E-state index contributed by atoms with van der Waals surface area (Å²) in [4.78, 5) is 0. The summed E-state index contributed by atoms with van der Waals surface area (Å²) >= 11 is 0. The van der Waals surface area contributed by atoms with E-state index >= 15 is 0 Å². The molecule has 3 rings (SSSR count). The molecule has 16 heavy (non-hydrogen) atoms. The molecule has 78 valence electrons. The summed E-state index contributed by atoms with van der Waals surface area (Å²) in [6.07, 6.45) is 1.86. The van der Waals surface area contributed by atoms with E-state index in [1.807, 2.05) is 24.5 Å². The molecule has 1 heterocycles. The first-order valence-corrected chi connectivity index (χ1v) is 5.40. The van der Waals surface area contributed by atoms with Crippen molar-refractivity contribution in [1.29, 1.82) is 0 Å². The lowest BCUT2D eigenvalue weighted by atomic mass is 9.94. The summed E-state index contributed by atoms with van der Waals surface area (Å²) < 4.78 is 5.50. The summed E-state index contributed by atoms with van der Waals surface area (Å²) in [6.45, 7) is 0.673. The van der Waals surface area contributed by atoms with Crippen molar-refractivity contribution in [3.8, 4) is 0 Å². The van der Waals surface area contributed by atoms with Gasteiger partial charge < -0.3 is 4.74 Å². The van der Waals surface area contributed by atoms with Crippen LogP contribution in [0.4, 0.5) is 0 Å². The Kier molecular flexibility index (Phi) is 2.22. The van der Waals surface area contributed by atoms with E-state index in [4.69, 9.17) is 4.74 Å². The van der Waals surface area contributed by atoms with Crippen LogP contribution in [-0.4, -0.2) is 0 Å². The Morgan fingerprint density at radius 3 is 2.44 bits per heavy atom. The van der Waals surface area contributed by atoms with Crippen molar-refractivity contribution in [2.75, 3.05) is 0 Å². The van der Waals surface area contributed by atoms with Crippen LogP contribution in [0.15, 0.2) is 60.9 Å². The van der Waals surface area contributed by atoms with Crippen molar-refractivity contribution in [3.05, 3.63) is 77.5 Å². The Morgan fingerprint density at radius 1 is 0.812 bits per heavy atom. The number of rotatable bonds is 1. The summed E-state index contributed by atoms with van der Waals surface area (Å²) in [6, 6.07) is 18.7. The molecular weight excluding hydrogens is 196 g/mol. The number of hydrogen-bond acceptors (Lipinski definition) is 1. The molecule has 0 unspecified atom stereocenters. The Morgan fingerprint density at radius 2 is 1.56 bits per heavy atom. The molecule has 0 radical (unpaired) electrons. The fraction of sp³-hybridized carbons (Fsp3) is 0.0667. The first-order chi connectivity index (χ1) is 7.95. The van der Waals surface area contributed by atoms with Gasteiger partial charge in [0.1, 0.15) is 6.61 Å². The molecular formula is C15H12O. The molecule has 0 fully saturated rings. The average Bonchev–Trinajstić information content (AvgIpc) is 2.39. The SMILES string of the molecule is C1=C(c2ccccc2)c2ccccc2CO1. The van der Waals surface area contributed by atoms with Gasteiger partial charge in [0.25, 0.3) is 0 Å². The van der Waals surface area contributed by atoms with Crippen LogP contribution in [0.3, 0.4) is 0 Å². The molecule has 1 heteroatoms. The van der Waals surface area contributed by atoms with E-state index in [-0.39, 0.29) is 0 Å². The highest BCUT2D eigenvalue weighted by atomic mass is 16.5. The second-order valence-corrected chi connectivity index (χ2v) is 3.87. The van der Waals surface area contributed by atoms with Crippen molar-refractivity contribution in [2.45, 2.75) is 6.61 Å². The minimum absolute atomic E-state index is 0.673. The predicted octanol–water partition coefficient (Wildman–Crippen LogP) is 3.61. The molecule has 0 bridgehead atoms. The van der Waals surface area contributed by atoms with Crippen LogP contribution in [-0.2, 0) is 11.3 Å². The van der Waals surface area contributed by atoms with Crippen molar-refractivity contribution >= 4 is 5.57 Å². The normalized spacial score (nSPS) is 13.6. The predicted molar refractivity (Wildman–Crippen MR) is 64.8 cm³/mol. The molecule has 1 aliphatic heterocycles. The van der Waals surface area contributed by atoms with E-state index in [2.05, 4.69) is 36.4 Å². The van der Waals surface area contributed by atoms with E-state index in [0.29, 0.717) is 6.61 Å². The van der Waals surface area contributed by atoms with Gasteiger partial charge in [0.15, 0.2) is 0 Å². The molecule has 1 nitrogen and oxygen atoms in total. The Labute approximate surface area is 95.0 Å². The van der Waals surface area contributed by atoms with Crippen LogP contribution >= 0.6 is 0 Å². The van der Waals surface area contributed by atoms with Crippen LogP contribution in [0, 0.1) is 0 Å². The largest absolute Gasteiger partial charge is 0.496 e. The molecule has 0 saturated carbocycles. The van der Waals surface area contributed by atoms with E-state index in [9.17, 15) is 0 Å². The first kappa shape index (κ1) is 9.22. The average molecular weight is 208 g/mol. The Bertz CT molecular complexity index is 526. The molecule has 0 aromatic heterocycles. The van der Waals surface area contributed by atoms with Crippen LogP contribution in [0.2, 0.25) is 0 Å². The van der Waals surface area contributed by atoms with Gasteiger partial charge in [0.05, 0.1) is 6.26 Å². The molecule has 0 N–H and O–H groups in total. The number of benzene rings is 2. The molecule has 1 aliphatic rings. The lowest BCUT2D eigenvalue weighted by Crippen LogP contribution is -2.02. The van der Waals surface area contributed by atoms with Gasteiger partial charge in [-0.2, -0.15) is 0 Å². The summed E-state index contributed by atoms with van der Waals surface area (Å²) in [5.74, 6) is 0. The van der Waals surface area contributed by atoms with Gasteiger partial charge in [-0.1, -0.05) is 54.6 Å². The van der Waals surface area contributed by atoms with Crippen molar-refractivity contribution in [1.82, 2.24) is 0 Å². The van der Waals surface area contributed by atoms with E-state index < -0.39 is 0 Å². The van der Waals surface area contributed by atoms with Gasteiger partial charge in [-0.15, -0.1) is 0 Å². The third-order valence-electron chi connectivity index (χ3n) is 2.83. The van der Waals surface area contributed by atoms with Crippen LogP contribution < -0.4 is 0 Å². The summed E-state index contributed by atoms with van der Waals surface area (Å²) in [5.41, 5.74) is 4.90. The lowest BCUT2D eigenvalue weighted by Gasteiger charge is -2.18. The zero-order chi connectivity index (χ0) is 10.8. The number of ether oxygens (including phenoxy) is 1. The minimum atomic E-state index is 0.673. The lowest BCUT2D eigenvalue weighted by molar-refractivity contribution is 0.233. The van der Waals surface area contributed by atoms with E-state index in [0.717, 1.165) is 0 Å². The minimum Gasteiger partial charge on any atom is -0.496 e. The third-order valence-corrected chi connectivity index (χ3v) is 2.83. The van der Waals surface area contributed by atoms with Gasteiger partial charge in [-0.25, -0.2) is 0 Å². The third kappa shape index (κ3) is 1.50. The highest BCUT2D eigenvalue weighted by molar-refractivity contribution is 5.81. The molecule has 0 aliphatic carbocycles. The summed E-state index contributed by atoms with van der Waals surface area (Å²) in [5, 5.41) is 0. The quantitative estimate of drug-likeness (QED) is 0.695. The van der Waals surface area contributed by atoms with Crippen LogP contribution in [0.1, 0.15) is 16.7 Å². The zero-order valence-electron chi connectivity index (χ0n) is 8.89. The molecule has 0 saturated heterocycles. The monoisotopic (exact) mass is 208 g/mol. The zero-order valence-corrected chi connectivity index (χ0v) is 8.89. The van der Waals surface area contributed by atoms with Crippen LogP contribution in [0.25, 0.3) is 5.57 Å². The standard InChI is InChI=1S/C15H12O/c1-2-6-12(7-3-1)15-11-16-10-13-8-4-5-9-14(13)15/h1-9,11H,10H2. The maximum atomic E-state index is 5.50. The molecule has 0 spiro atoms. The maximum Gasteiger partial charge on any atom is 0.113 e. The highest BCUT2D eigenvalue weighted by Gasteiger charge is 2.13. The van der Waals surface area contributed by atoms with Crippen molar-refractivity contribution in [3.63, 3.8) is 0 Å². The highest BCUT2D eigenvalue weighted by Crippen LogP contribution is 2.30. The molecule has 0 atom stereocenters. The van der Waals surface area contributed by atoms with Gasteiger partial charge in [-0.05, 0) is 16.7 Å². The molecule has 2 aromatic carbocycles. The van der Waals surface area contributed by atoms with Gasteiger partial charge in [-0.3, -0.25) is 0 Å². The van der Waals surface area contributed by atoms with Gasteiger partial charge in [0.2, 0.25) is 0 Å². The van der Waals surface area contributed by atoms with Gasteiger partial charge in [0, 0.05) is 5.57 Å². The van der Waals surface area contributed by atoms with Gasteiger partial charge >= 0.3 is 0 Å². The Hall–Kier alpha value is -2.02. The maximum absolute atomic E-state index is 5.50. The van der Waals surface area contributed by atoms with Crippen molar-refractivity contribution in [2.24, 2.45) is 0 Å². The second-order valence-electron chi connectivity index (χ2n) is 3.87. The van der Waals surface area contributed by atoms with E-state index in [1.165, 1.54) is 22.3 Å². The fourth-order valence-electron chi connectivity index (χ4n) is 2.03. The van der Waals surface area contributed by atoms with E-state index in [1.54, 1.807) is 0 Å². The second kappa shape index (κ2) is 3.86. The summed E-state index contributed by atoms with van der Waals surface area (Å²) in [7, 11) is 0. The molecule has 2 aromatic rings. The smallest absolute Gasteiger partial charge is 0.113 e. The number of hydrogen-bond donors (Lipinski definition) is 0. The molecule has 0 amide bonds. The first-order valence-electron chi connectivity index (χ1n) is 5.40. The van der Waals surface area contributed by atoms with Crippen LogP contribution in [0.5, 0.6) is 0 Å².